The van der Waals surface area contributed by atoms with Gasteiger partial charge >= 0.3 is 0 Å². The van der Waals surface area contributed by atoms with E-state index in [1.54, 1.807) is 25.3 Å². The first kappa shape index (κ1) is 14.3. The molecule has 0 amide bonds. The van der Waals surface area contributed by atoms with Gasteiger partial charge in [-0.1, -0.05) is 19.1 Å². The van der Waals surface area contributed by atoms with Gasteiger partial charge < -0.3 is 14.6 Å². The van der Waals surface area contributed by atoms with Crippen molar-refractivity contribution in [1.82, 2.24) is 4.98 Å². The molecule has 0 aliphatic rings. The monoisotopic (exact) mass is 273 g/mol. The molecule has 2 rings (SSSR count). The van der Waals surface area contributed by atoms with Gasteiger partial charge in [0.1, 0.15) is 0 Å². The Morgan fingerprint density at radius 3 is 2.60 bits per heavy atom. The second kappa shape index (κ2) is 6.91. The van der Waals surface area contributed by atoms with Gasteiger partial charge in [0.25, 0.3) is 0 Å². The molecule has 0 aliphatic carbocycles. The van der Waals surface area contributed by atoms with E-state index < -0.39 is 6.10 Å². The first-order chi connectivity index (χ1) is 9.72. The Hall–Kier alpha value is -2.07. The molecule has 2 aromatic rings. The van der Waals surface area contributed by atoms with Crippen LogP contribution in [-0.2, 0) is 0 Å². The summed E-state index contributed by atoms with van der Waals surface area (Å²) in [6.07, 6.45) is 1.93. The number of pyridine rings is 1. The largest absolute Gasteiger partial charge is 0.490 e. The Morgan fingerprint density at radius 2 is 1.90 bits per heavy atom. The summed E-state index contributed by atoms with van der Waals surface area (Å²) in [5.74, 6) is 1.67. The maximum atomic E-state index is 9.74. The van der Waals surface area contributed by atoms with E-state index in [1.165, 1.54) is 0 Å². The summed E-state index contributed by atoms with van der Waals surface area (Å²) in [4.78, 5) is 4.18. The van der Waals surface area contributed by atoms with Gasteiger partial charge in [0, 0.05) is 11.8 Å². The van der Waals surface area contributed by atoms with Crippen molar-refractivity contribution in [3.05, 3.63) is 48.2 Å². The number of para-hydroxylation sites is 2. The fourth-order valence-electron chi connectivity index (χ4n) is 1.78. The van der Waals surface area contributed by atoms with E-state index in [2.05, 4.69) is 4.98 Å². The third-order valence-electron chi connectivity index (χ3n) is 2.77. The summed E-state index contributed by atoms with van der Waals surface area (Å²) in [7, 11) is 0. The van der Waals surface area contributed by atoms with Crippen molar-refractivity contribution in [2.24, 2.45) is 0 Å². The van der Waals surface area contributed by atoms with Crippen LogP contribution in [0.1, 0.15) is 31.9 Å². The Balaban J connectivity index is 2.26. The van der Waals surface area contributed by atoms with E-state index in [0.717, 1.165) is 6.42 Å². The van der Waals surface area contributed by atoms with Crippen LogP contribution in [0.15, 0.2) is 42.6 Å². The van der Waals surface area contributed by atoms with Crippen LogP contribution < -0.4 is 9.47 Å². The van der Waals surface area contributed by atoms with E-state index in [9.17, 15) is 5.11 Å². The number of rotatable bonds is 6. The van der Waals surface area contributed by atoms with E-state index in [0.29, 0.717) is 29.5 Å². The van der Waals surface area contributed by atoms with Gasteiger partial charge in [-0.3, -0.25) is 0 Å². The molecule has 0 fully saturated rings. The van der Waals surface area contributed by atoms with Crippen LogP contribution in [-0.4, -0.2) is 16.7 Å². The topological polar surface area (TPSA) is 51.6 Å². The molecule has 0 radical (unpaired) electrons. The lowest BCUT2D eigenvalue weighted by molar-refractivity contribution is 0.194. The van der Waals surface area contributed by atoms with Crippen molar-refractivity contribution in [1.29, 1.82) is 0 Å². The van der Waals surface area contributed by atoms with Crippen LogP contribution in [0.5, 0.6) is 17.4 Å². The number of aliphatic hydroxyl groups is 1. The smallest absolute Gasteiger partial charge is 0.225 e. The fraction of sp³-hybridized carbons (Fsp3) is 0.312. The van der Waals surface area contributed by atoms with Crippen molar-refractivity contribution in [2.75, 3.05) is 6.61 Å². The normalized spacial score (nSPS) is 11.9. The molecular weight excluding hydrogens is 254 g/mol. The second-order valence-electron chi connectivity index (χ2n) is 4.47. The Morgan fingerprint density at radius 1 is 1.15 bits per heavy atom. The van der Waals surface area contributed by atoms with Crippen LogP contribution in [0, 0.1) is 0 Å². The zero-order valence-corrected chi connectivity index (χ0v) is 11.7. The average Bonchev–Trinajstić information content (AvgIpc) is 2.47. The SMILES string of the molecule is CCCOc1ccccc1Oc1ncccc1[C@H](C)O. The van der Waals surface area contributed by atoms with Gasteiger partial charge in [-0.15, -0.1) is 0 Å². The molecule has 0 bridgehead atoms. The minimum atomic E-state index is -0.637. The molecular formula is C16H19NO3. The zero-order valence-electron chi connectivity index (χ0n) is 11.7. The lowest BCUT2D eigenvalue weighted by atomic mass is 10.2. The molecule has 20 heavy (non-hydrogen) atoms. The third-order valence-corrected chi connectivity index (χ3v) is 2.77. The number of nitrogens with zero attached hydrogens (tertiary/aromatic N) is 1. The summed E-state index contributed by atoms with van der Waals surface area (Å²) in [5.41, 5.74) is 0.651. The Kier molecular flexibility index (Phi) is 4.96. The molecule has 4 heteroatoms. The number of aliphatic hydroxyl groups excluding tert-OH is 1. The van der Waals surface area contributed by atoms with Crippen molar-refractivity contribution in [2.45, 2.75) is 26.4 Å². The molecule has 0 unspecified atom stereocenters. The predicted molar refractivity (Wildman–Crippen MR) is 77.2 cm³/mol. The number of aromatic nitrogens is 1. The molecule has 1 atom stereocenters. The maximum absolute atomic E-state index is 9.74. The zero-order chi connectivity index (χ0) is 14.4. The van der Waals surface area contributed by atoms with E-state index in [1.807, 2.05) is 31.2 Å². The highest BCUT2D eigenvalue weighted by atomic mass is 16.5. The van der Waals surface area contributed by atoms with Crippen LogP contribution in [0.25, 0.3) is 0 Å². The molecule has 1 heterocycles. The van der Waals surface area contributed by atoms with Gasteiger partial charge in [0.05, 0.1) is 12.7 Å². The van der Waals surface area contributed by atoms with Crippen molar-refractivity contribution in [3.8, 4) is 17.4 Å². The Bertz CT molecular complexity index is 555. The quantitative estimate of drug-likeness (QED) is 0.871. The van der Waals surface area contributed by atoms with Crippen LogP contribution >= 0.6 is 0 Å². The molecule has 4 nitrogen and oxygen atoms in total. The van der Waals surface area contributed by atoms with Crippen LogP contribution in [0.3, 0.4) is 0 Å². The minimum absolute atomic E-state index is 0.398. The number of benzene rings is 1. The third kappa shape index (κ3) is 3.48. The lowest BCUT2D eigenvalue weighted by Gasteiger charge is -2.14. The predicted octanol–water partition coefficient (Wildman–Crippen LogP) is 3.72. The maximum Gasteiger partial charge on any atom is 0.225 e. The standard InChI is InChI=1S/C16H19NO3/c1-3-11-19-14-8-4-5-9-15(14)20-16-13(12(2)18)7-6-10-17-16/h4-10,12,18H,3,11H2,1-2H3/t12-/m0/s1. The van der Waals surface area contributed by atoms with Gasteiger partial charge in [0.2, 0.25) is 5.88 Å². The van der Waals surface area contributed by atoms with Gasteiger partial charge in [0.15, 0.2) is 11.5 Å². The number of hydrogen-bond donors (Lipinski definition) is 1. The van der Waals surface area contributed by atoms with E-state index in [4.69, 9.17) is 9.47 Å². The molecule has 1 aromatic carbocycles. The summed E-state index contributed by atoms with van der Waals surface area (Å²) >= 11 is 0. The summed E-state index contributed by atoms with van der Waals surface area (Å²) < 4.78 is 11.4. The van der Waals surface area contributed by atoms with Crippen molar-refractivity contribution in [3.63, 3.8) is 0 Å². The molecule has 0 aliphatic heterocycles. The average molecular weight is 273 g/mol. The van der Waals surface area contributed by atoms with Gasteiger partial charge in [-0.2, -0.15) is 0 Å². The second-order valence-corrected chi connectivity index (χ2v) is 4.47. The fourth-order valence-corrected chi connectivity index (χ4v) is 1.78. The van der Waals surface area contributed by atoms with E-state index in [-0.39, 0.29) is 0 Å². The van der Waals surface area contributed by atoms with Crippen LogP contribution in [0.2, 0.25) is 0 Å². The minimum Gasteiger partial charge on any atom is -0.490 e. The highest BCUT2D eigenvalue weighted by Gasteiger charge is 2.13. The van der Waals surface area contributed by atoms with Crippen LogP contribution in [0.4, 0.5) is 0 Å². The molecule has 1 N–H and O–H groups in total. The molecule has 0 spiro atoms. The van der Waals surface area contributed by atoms with Gasteiger partial charge in [-0.05, 0) is 37.6 Å². The number of hydrogen-bond acceptors (Lipinski definition) is 4. The number of ether oxygens (including phenoxy) is 2. The van der Waals surface area contributed by atoms with Gasteiger partial charge in [-0.25, -0.2) is 4.98 Å². The first-order valence-corrected chi connectivity index (χ1v) is 6.75. The summed E-state index contributed by atoms with van der Waals surface area (Å²) in [6.45, 7) is 4.36. The van der Waals surface area contributed by atoms with Crippen molar-refractivity contribution < 1.29 is 14.6 Å². The van der Waals surface area contributed by atoms with Crippen molar-refractivity contribution >= 4 is 0 Å². The molecule has 0 saturated heterocycles. The summed E-state index contributed by atoms with van der Waals surface area (Å²) in [5, 5.41) is 9.74. The Labute approximate surface area is 119 Å². The molecule has 106 valence electrons. The lowest BCUT2D eigenvalue weighted by Crippen LogP contribution is -2.01. The summed E-state index contributed by atoms with van der Waals surface area (Å²) in [6, 6.07) is 11.0. The first-order valence-electron chi connectivity index (χ1n) is 6.75. The highest BCUT2D eigenvalue weighted by molar-refractivity contribution is 5.43. The molecule has 1 aromatic heterocycles. The molecule has 0 saturated carbocycles. The van der Waals surface area contributed by atoms with E-state index >= 15 is 0 Å². The highest BCUT2D eigenvalue weighted by Crippen LogP contribution is 2.33.